The number of hydrogen-bond acceptors (Lipinski definition) is 5. The van der Waals surface area contributed by atoms with Crippen LogP contribution >= 0.6 is 12.4 Å². The summed E-state index contributed by atoms with van der Waals surface area (Å²) in [6.07, 6.45) is 0. The van der Waals surface area contributed by atoms with Gasteiger partial charge in [0, 0.05) is 12.6 Å². The van der Waals surface area contributed by atoms with Gasteiger partial charge >= 0.3 is 5.97 Å². The Labute approximate surface area is 122 Å². The molecule has 0 aromatic heterocycles. The van der Waals surface area contributed by atoms with Gasteiger partial charge in [0.25, 0.3) is 5.69 Å². The lowest BCUT2D eigenvalue weighted by molar-refractivity contribution is -0.384. The van der Waals surface area contributed by atoms with Gasteiger partial charge in [-0.2, -0.15) is 0 Å². The van der Waals surface area contributed by atoms with Crippen molar-refractivity contribution < 1.29 is 19.6 Å². The average Bonchev–Trinajstić information content (AvgIpc) is 2.37. The minimum Gasteiger partial charge on any atom is -0.492 e. The Bertz CT molecular complexity index is 469. The molecule has 0 aliphatic carbocycles. The van der Waals surface area contributed by atoms with E-state index in [1.807, 2.05) is 0 Å². The summed E-state index contributed by atoms with van der Waals surface area (Å²) in [5, 5.41) is 19.4. The van der Waals surface area contributed by atoms with Gasteiger partial charge in [0.15, 0.2) is 0 Å². The minimum atomic E-state index is -0.905. The Kier molecular flexibility index (Phi) is 7.56. The van der Waals surface area contributed by atoms with Crippen molar-refractivity contribution >= 4 is 24.1 Å². The number of hydrogen-bond donors (Lipinski definition) is 1. The number of non-ortho nitro benzene ring substituents is 1. The highest BCUT2D eigenvalue weighted by molar-refractivity contribution is 5.85. The lowest BCUT2D eigenvalue weighted by atomic mass is 10.3. The van der Waals surface area contributed by atoms with Gasteiger partial charge < -0.3 is 9.84 Å². The number of benzene rings is 1. The van der Waals surface area contributed by atoms with Crippen LogP contribution in [-0.2, 0) is 4.79 Å². The van der Waals surface area contributed by atoms with Crippen molar-refractivity contribution in [3.63, 3.8) is 0 Å². The molecule has 0 bridgehead atoms. The van der Waals surface area contributed by atoms with Crippen molar-refractivity contribution in [1.82, 2.24) is 4.90 Å². The van der Waals surface area contributed by atoms with Crippen LogP contribution in [-0.4, -0.2) is 47.1 Å². The SMILES string of the molecule is CC(C(=O)O)N(C)CCOc1cccc([N+](=O)[O-])c1.Cl. The highest BCUT2D eigenvalue weighted by Gasteiger charge is 2.16. The second-order valence-electron chi connectivity index (χ2n) is 4.10. The third-order valence-corrected chi connectivity index (χ3v) is 2.76. The van der Waals surface area contributed by atoms with Crippen LogP contribution in [0.3, 0.4) is 0 Å². The van der Waals surface area contributed by atoms with E-state index in [9.17, 15) is 14.9 Å². The van der Waals surface area contributed by atoms with Gasteiger partial charge in [-0.25, -0.2) is 0 Å². The number of nitro benzene ring substituents is 1. The summed E-state index contributed by atoms with van der Waals surface area (Å²) in [4.78, 5) is 22.4. The van der Waals surface area contributed by atoms with Crippen LogP contribution in [0.5, 0.6) is 5.75 Å². The number of aliphatic carboxylic acids is 1. The largest absolute Gasteiger partial charge is 0.492 e. The molecule has 1 rings (SSSR count). The number of carboxylic acid groups (broad SMARTS) is 1. The van der Waals surface area contributed by atoms with Gasteiger partial charge in [-0.1, -0.05) is 6.07 Å². The summed E-state index contributed by atoms with van der Waals surface area (Å²) in [6.45, 7) is 2.25. The summed E-state index contributed by atoms with van der Waals surface area (Å²) in [5.41, 5.74) is -0.0373. The predicted molar refractivity (Wildman–Crippen MR) is 75.6 cm³/mol. The fourth-order valence-corrected chi connectivity index (χ4v) is 1.38. The molecule has 0 heterocycles. The average molecular weight is 305 g/mol. The maximum atomic E-state index is 10.7. The molecule has 0 aliphatic rings. The van der Waals surface area contributed by atoms with E-state index in [-0.39, 0.29) is 24.7 Å². The molecule has 1 unspecified atom stereocenters. The van der Waals surface area contributed by atoms with Crippen molar-refractivity contribution in [1.29, 1.82) is 0 Å². The van der Waals surface area contributed by atoms with Crippen LogP contribution < -0.4 is 4.74 Å². The minimum absolute atomic E-state index is 0. The van der Waals surface area contributed by atoms with E-state index in [4.69, 9.17) is 9.84 Å². The lowest BCUT2D eigenvalue weighted by Gasteiger charge is -2.20. The number of carbonyl (C=O) groups is 1. The van der Waals surface area contributed by atoms with Gasteiger partial charge in [-0.15, -0.1) is 12.4 Å². The van der Waals surface area contributed by atoms with Gasteiger partial charge in [0.2, 0.25) is 0 Å². The number of ether oxygens (including phenoxy) is 1. The molecule has 0 saturated carbocycles. The zero-order chi connectivity index (χ0) is 14.4. The Hall–Kier alpha value is -1.86. The molecule has 7 nitrogen and oxygen atoms in total. The summed E-state index contributed by atoms with van der Waals surface area (Å²) in [7, 11) is 1.68. The van der Waals surface area contributed by atoms with Crippen LogP contribution in [0.1, 0.15) is 6.92 Å². The number of rotatable bonds is 7. The summed E-state index contributed by atoms with van der Waals surface area (Å²) in [5.74, 6) is -0.511. The molecule has 0 radical (unpaired) electrons. The Morgan fingerprint density at radius 2 is 2.20 bits per heavy atom. The summed E-state index contributed by atoms with van der Waals surface area (Å²) >= 11 is 0. The molecular weight excluding hydrogens is 288 g/mol. The lowest BCUT2D eigenvalue weighted by Crippen LogP contribution is -2.38. The Balaban J connectivity index is 0.00000361. The monoisotopic (exact) mass is 304 g/mol. The van der Waals surface area contributed by atoms with E-state index in [0.29, 0.717) is 12.3 Å². The fourth-order valence-electron chi connectivity index (χ4n) is 1.38. The normalized spacial score (nSPS) is 11.6. The van der Waals surface area contributed by atoms with Crippen LogP contribution in [0.15, 0.2) is 24.3 Å². The molecule has 0 amide bonds. The van der Waals surface area contributed by atoms with E-state index < -0.39 is 16.9 Å². The first-order valence-corrected chi connectivity index (χ1v) is 5.72. The highest BCUT2D eigenvalue weighted by atomic mass is 35.5. The number of halogens is 1. The second kappa shape index (κ2) is 8.34. The maximum Gasteiger partial charge on any atom is 0.320 e. The van der Waals surface area contributed by atoms with E-state index in [0.717, 1.165) is 0 Å². The molecule has 1 N–H and O–H groups in total. The first-order valence-electron chi connectivity index (χ1n) is 5.72. The molecule has 0 spiro atoms. The molecule has 8 heteroatoms. The Morgan fingerprint density at radius 3 is 2.75 bits per heavy atom. The molecule has 1 aromatic carbocycles. The van der Waals surface area contributed by atoms with Crippen molar-refractivity contribution in [3.8, 4) is 5.75 Å². The third kappa shape index (κ3) is 5.41. The van der Waals surface area contributed by atoms with E-state index in [1.54, 1.807) is 24.9 Å². The standard InChI is InChI=1S/C12H16N2O5.ClH/c1-9(12(15)16)13(2)6-7-19-11-5-3-4-10(8-11)14(17)18;/h3-5,8-9H,6-7H2,1-2H3,(H,15,16);1H. The topological polar surface area (TPSA) is 92.9 Å². The van der Waals surface area contributed by atoms with Crippen LogP contribution in [0.25, 0.3) is 0 Å². The van der Waals surface area contributed by atoms with Crippen molar-refractivity contribution in [2.45, 2.75) is 13.0 Å². The quantitative estimate of drug-likeness (QED) is 0.610. The molecule has 20 heavy (non-hydrogen) atoms. The molecule has 1 atom stereocenters. The first kappa shape index (κ1) is 18.1. The number of likely N-dealkylation sites (N-methyl/N-ethyl adjacent to an activating group) is 1. The van der Waals surface area contributed by atoms with Gasteiger partial charge in [-0.3, -0.25) is 19.8 Å². The van der Waals surface area contributed by atoms with Crippen molar-refractivity contribution in [2.24, 2.45) is 0 Å². The zero-order valence-corrected chi connectivity index (χ0v) is 12.0. The Morgan fingerprint density at radius 1 is 1.55 bits per heavy atom. The number of nitro groups is 1. The molecule has 1 aromatic rings. The second-order valence-corrected chi connectivity index (χ2v) is 4.10. The summed E-state index contributed by atoms with van der Waals surface area (Å²) in [6, 6.07) is 5.27. The fraction of sp³-hybridized carbons (Fsp3) is 0.417. The molecule has 0 aliphatic heterocycles. The number of carboxylic acids is 1. The maximum absolute atomic E-state index is 10.7. The third-order valence-electron chi connectivity index (χ3n) is 2.76. The van der Waals surface area contributed by atoms with Crippen LogP contribution in [0.2, 0.25) is 0 Å². The smallest absolute Gasteiger partial charge is 0.320 e. The van der Waals surface area contributed by atoms with E-state index in [1.165, 1.54) is 18.2 Å². The van der Waals surface area contributed by atoms with E-state index in [2.05, 4.69) is 0 Å². The summed E-state index contributed by atoms with van der Waals surface area (Å²) < 4.78 is 5.36. The number of nitrogens with zero attached hydrogens (tertiary/aromatic N) is 2. The van der Waals surface area contributed by atoms with Gasteiger partial charge in [0.05, 0.1) is 11.0 Å². The van der Waals surface area contributed by atoms with Crippen molar-refractivity contribution in [2.75, 3.05) is 20.2 Å². The first-order chi connectivity index (χ1) is 8.91. The van der Waals surface area contributed by atoms with Crippen LogP contribution in [0.4, 0.5) is 5.69 Å². The zero-order valence-electron chi connectivity index (χ0n) is 11.2. The van der Waals surface area contributed by atoms with Crippen molar-refractivity contribution in [3.05, 3.63) is 34.4 Å². The molecule has 112 valence electrons. The molecule has 0 saturated heterocycles. The van der Waals surface area contributed by atoms with Gasteiger partial charge in [-0.05, 0) is 20.0 Å². The molecular formula is C12H17ClN2O5. The predicted octanol–water partition coefficient (Wildman–Crippen LogP) is 1.80. The highest BCUT2D eigenvalue weighted by Crippen LogP contribution is 2.18. The van der Waals surface area contributed by atoms with E-state index >= 15 is 0 Å². The molecule has 0 fully saturated rings. The van der Waals surface area contributed by atoms with Gasteiger partial charge in [0.1, 0.15) is 18.4 Å². The van der Waals surface area contributed by atoms with Crippen LogP contribution in [0, 0.1) is 10.1 Å².